The van der Waals surface area contributed by atoms with E-state index < -0.39 is 10.9 Å². The van der Waals surface area contributed by atoms with Crippen molar-refractivity contribution in [2.45, 2.75) is 245 Å². The van der Waals surface area contributed by atoms with E-state index in [0.29, 0.717) is 37.4 Å². The van der Waals surface area contributed by atoms with E-state index in [2.05, 4.69) is 36.3 Å². The van der Waals surface area contributed by atoms with Crippen LogP contribution in [0.25, 0.3) is 0 Å². The molecule has 0 unspecified atom stereocenters. The number of ether oxygens (including phenoxy) is 2. The van der Waals surface area contributed by atoms with Crippen molar-refractivity contribution in [2.75, 3.05) is 50.5 Å². The molecule has 1 aromatic rings. The summed E-state index contributed by atoms with van der Waals surface area (Å²) in [5.41, 5.74) is -0.0540. The molecule has 9 heteroatoms. The van der Waals surface area contributed by atoms with Crippen LogP contribution in [0.5, 0.6) is 0 Å². The van der Waals surface area contributed by atoms with Gasteiger partial charge in [0.1, 0.15) is 17.5 Å². The van der Waals surface area contributed by atoms with Crippen molar-refractivity contribution < 1.29 is 19.1 Å². The molecule has 0 bridgehead atoms. The van der Waals surface area contributed by atoms with E-state index in [1.807, 2.05) is 0 Å². The van der Waals surface area contributed by atoms with E-state index in [9.17, 15) is 19.2 Å². The van der Waals surface area contributed by atoms with Crippen LogP contribution < -0.4 is 21.5 Å². The molecule has 0 aliphatic heterocycles. The van der Waals surface area contributed by atoms with Gasteiger partial charge in [-0.05, 0) is 83.8 Å². The number of rotatable bonds is 45. The minimum absolute atomic E-state index is 0.00265. The first kappa shape index (κ1) is 54.6. The van der Waals surface area contributed by atoms with Gasteiger partial charge in [-0.15, -0.1) is 0 Å². The highest BCUT2D eigenvalue weighted by Gasteiger charge is 2.19. The lowest BCUT2D eigenvalue weighted by Gasteiger charge is -2.23. The summed E-state index contributed by atoms with van der Waals surface area (Å²) in [5, 5.41) is 6.01. The first-order valence-electron chi connectivity index (χ1n) is 25.2. The molecular formula is C50H93N3O6. The highest BCUT2D eigenvalue weighted by molar-refractivity contribution is 5.73. The number of nitrogens with zero attached hydrogens (tertiary/aromatic N) is 1. The van der Waals surface area contributed by atoms with Crippen molar-refractivity contribution in [3.8, 4) is 0 Å². The van der Waals surface area contributed by atoms with Crippen LogP contribution in [0, 0.1) is 0 Å². The lowest BCUT2D eigenvalue weighted by atomic mass is 10.0. The lowest BCUT2D eigenvalue weighted by molar-refractivity contribution is -0.150. The van der Waals surface area contributed by atoms with Crippen LogP contribution in [0.2, 0.25) is 0 Å². The SMILES string of the molecule is CCCCCCCCCC(=O)OCCCCCCCN(CCCCCCCC(=O)OC(CCCCCCCC)CCCCCCCC)CCCNc1c(NC)c(=O)c1=O. The molecule has 59 heavy (non-hydrogen) atoms. The summed E-state index contributed by atoms with van der Waals surface area (Å²) in [6, 6.07) is 0. The zero-order valence-electron chi connectivity index (χ0n) is 39.1. The predicted molar refractivity (Wildman–Crippen MR) is 251 cm³/mol. The van der Waals surface area contributed by atoms with Gasteiger partial charge in [-0.25, -0.2) is 0 Å². The monoisotopic (exact) mass is 832 g/mol. The van der Waals surface area contributed by atoms with Crippen molar-refractivity contribution in [3.05, 3.63) is 20.4 Å². The van der Waals surface area contributed by atoms with Crippen LogP contribution in [-0.2, 0) is 19.1 Å². The molecule has 0 saturated carbocycles. The Morgan fingerprint density at radius 3 is 1.41 bits per heavy atom. The quantitative estimate of drug-likeness (QED) is 0.0377. The molecule has 0 radical (unpaired) electrons. The van der Waals surface area contributed by atoms with Gasteiger partial charge < -0.3 is 25.0 Å². The molecule has 1 aromatic carbocycles. The normalized spacial score (nSPS) is 11.6. The smallest absolute Gasteiger partial charge is 0.306 e. The summed E-state index contributed by atoms with van der Waals surface area (Å²) in [6.45, 7) is 11.0. The molecule has 1 rings (SSSR count). The maximum atomic E-state index is 12.8. The van der Waals surface area contributed by atoms with Gasteiger partial charge in [0.2, 0.25) is 0 Å². The van der Waals surface area contributed by atoms with Crippen LogP contribution >= 0.6 is 0 Å². The minimum atomic E-state index is -0.439. The maximum absolute atomic E-state index is 12.8. The molecule has 0 atom stereocenters. The number of carbonyl (C=O) groups is 2. The van der Waals surface area contributed by atoms with E-state index in [1.165, 1.54) is 109 Å². The third-order valence-corrected chi connectivity index (χ3v) is 11.9. The topological polar surface area (TPSA) is 114 Å². The highest BCUT2D eigenvalue weighted by atomic mass is 16.5. The van der Waals surface area contributed by atoms with Crippen molar-refractivity contribution in [3.63, 3.8) is 0 Å². The van der Waals surface area contributed by atoms with E-state index in [1.54, 1.807) is 7.05 Å². The third kappa shape index (κ3) is 30.3. The van der Waals surface area contributed by atoms with Gasteiger partial charge in [0.25, 0.3) is 10.9 Å². The molecule has 0 aliphatic rings. The zero-order chi connectivity index (χ0) is 43.0. The first-order valence-corrected chi connectivity index (χ1v) is 25.2. The standard InChI is InChI=1S/C50H93N3O6/c1-5-8-11-14-17-22-29-37-45(54)58-43-33-26-19-25-32-41-53(42-34-39-52-48-47(51-4)49(56)50(48)57)40-31-24-18-23-30-38-46(55)59-44(35-27-20-15-12-9-6-2)36-28-21-16-13-10-7-3/h44,51-52H,5-43H2,1-4H3. The number of esters is 2. The molecule has 0 aliphatic carbocycles. The Balaban J connectivity index is 2.36. The van der Waals surface area contributed by atoms with E-state index in [4.69, 9.17) is 9.47 Å². The number of nitrogens with one attached hydrogen (secondary N) is 2. The van der Waals surface area contributed by atoms with Crippen LogP contribution in [0.1, 0.15) is 239 Å². The Bertz CT molecular complexity index is 1180. The van der Waals surface area contributed by atoms with Crippen LogP contribution in [0.4, 0.5) is 11.4 Å². The number of anilines is 2. The Hall–Kier alpha value is -2.42. The molecule has 0 amide bonds. The van der Waals surface area contributed by atoms with Crippen molar-refractivity contribution in [2.24, 2.45) is 0 Å². The van der Waals surface area contributed by atoms with E-state index in [-0.39, 0.29) is 18.0 Å². The third-order valence-electron chi connectivity index (χ3n) is 11.9. The van der Waals surface area contributed by atoms with E-state index in [0.717, 1.165) is 116 Å². The molecule has 0 saturated heterocycles. The summed E-state index contributed by atoms with van der Waals surface area (Å²) < 4.78 is 11.5. The van der Waals surface area contributed by atoms with Crippen molar-refractivity contribution in [1.82, 2.24) is 4.90 Å². The van der Waals surface area contributed by atoms with Crippen LogP contribution in [0.3, 0.4) is 0 Å². The minimum Gasteiger partial charge on any atom is -0.466 e. The highest BCUT2D eigenvalue weighted by Crippen LogP contribution is 2.19. The summed E-state index contributed by atoms with van der Waals surface area (Å²) in [6.07, 6.45) is 38.6. The molecule has 0 spiro atoms. The largest absolute Gasteiger partial charge is 0.466 e. The fourth-order valence-electron chi connectivity index (χ4n) is 8.05. The van der Waals surface area contributed by atoms with Gasteiger partial charge in [-0.2, -0.15) is 0 Å². The van der Waals surface area contributed by atoms with Gasteiger partial charge in [-0.3, -0.25) is 19.2 Å². The van der Waals surface area contributed by atoms with Gasteiger partial charge in [0.05, 0.1) is 6.61 Å². The fourth-order valence-corrected chi connectivity index (χ4v) is 8.05. The Labute approximate surface area is 362 Å². The predicted octanol–water partition coefficient (Wildman–Crippen LogP) is 12.8. The zero-order valence-corrected chi connectivity index (χ0v) is 39.1. The van der Waals surface area contributed by atoms with Gasteiger partial charge >= 0.3 is 11.9 Å². The summed E-state index contributed by atoms with van der Waals surface area (Å²) in [4.78, 5) is 51.2. The summed E-state index contributed by atoms with van der Waals surface area (Å²) >= 11 is 0. The average Bonchev–Trinajstić information content (AvgIpc) is 3.23. The Morgan fingerprint density at radius 2 is 0.898 bits per heavy atom. The lowest BCUT2D eigenvalue weighted by Crippen LogP contribution is -2.37. The Kier molecular flexibility index (Phi) is 36.7. The van der Waals surface area contributed by atoms with Gasteiger partial charge in [0, 0.05) is 26.4 Å². The average molecular weight is 832 g/mol. The summed E-state index contributed by atoms with van der Waals surface area (Å²) in [5.74, 6) is -0.0450. The molecule has 0 fully saturated rings. The van der Waals surface area contributed by atoms with Crippen molar-refractivity contribution in [1.29, 1.82) is 0 Å². The van der Waals surface area contributed by atoms with Gasteiger partial charge in [-0.1, -0.05) is 162 Å². The van der Waals surface area contributed by atoms with E-state index >= 15 is 0 Å². The fraction of sp³-hybridized carbons (Fsp3) is 0.880. The molecule has 9 nitrogen and oxygen atoms in total. The van der Waals surface area contributed by atoms with Crippen molar-refractivity contribution >= 4 is 23.3 Å². The molecule has 0 heterocycles. The second-order valence-electron chi connectivity index (χ2n) is 17.4. The molecule has 0 aromatic heterocycles. The molecular weight excluding hydrogens is 739 g/mol. The number of carbonyl (C=O) groups excluding carboxylic acids is 2. The second-order valence-corrected chi connectivity index (χ2v) is 17.4. The maximum Gasteiger partial charge on any atom is 0.306 e. The van der Waals surface area contributed by atoms with Crippen LogP contribution in [0.15, 0.2) is 9.59 Å². The second kappa shape index (κ2) is 39.7. The summed E-state index contributed by atoms with van der Waals surface area (Å²) in [7, 11) is 1.67. The first-order chi connectivity index (χ1) is 28.9. The molecule has 344 valence electrons. The van der Waals surface area contributed by atoms with Gasteiger partial charge in [0.15, 0.2) is 0 Å². The number of hydrogen-bond acceptors (Lipinski definition) is 9. The molecule has 2 N–H and O–H groups in total. The Morgan fingerprint density at radius 1 is 0.492 bits per heavy atom. The van der Waals surface area contributed by atoms with Crippen LogP contribution in [-0.4, -0.2) is 62.8 Å². The number of hydrogen-bond donors (Lipinski definition) is 2. The number of unbranched alkanes of at least 4 members (excludes halogenated alkanes) is 24.